The van der Waals surface area contributed by atoms with Crippen LogP contribution in [0.25, 0.3) is 10.9 Å². The Hall–Kier alpha value is -3.38. The van der Waals surface area contributed by atoms with Crippen molar-refractivity contribution in [3.63, 3.8) is 0 Å². The van der Waals surface area contributed by atoms with E-state index >= 15 is 0 Å². The molecule has 3 atom stereocenters. The van der Waals surface area contributed by atoms with Gasteiger partial charge in [-0.3, -0.25) is 9.59 Å². The molecule has 1 fully saturated rings. The first kappa shape index (κ1) is 20.5. The summed E-state index contributed by atoms with van der Waals surface area (Å²) >= 11 is 1.69. The van der Waals surface area contributed by atoms with Crippen molar-refractivity contribution >= 4 is 39.7 Å². The molecule has 2 amide bonds. The molecule has 2 heterocycles. The number of fused-ring (bicyclic) bond motifs is 1. The average molecular weight is 444 g/mol. The Morgan fingerprint density at radius 3 is 2.75 bits per heavy atom. The number of H-pyrrole nitrogens is 1. The standard InChI is InChI=1S/C26H25N3O2S/c1-16-12-20(16)26(31)29-18-7-4-6-17(13-18)25(30)28-15-22(24-10-5-11-32-24)21-14-27-23-9-3-2-8-19(21)23/h2-11,13-14,16,20,22,27H,12,15H2,1H3,(H,28,30)(H,29,31). The first-order valence-electron chi connectivity index (χ1n) is 10.9. The van der Waals surface area contributed by atoms with Gasteiger partial charge < -0.3 is 15.6 Å². The summed E-state index contributed by atoms with van der Waals surface area (Å²) in [7, 11) is 0. The number of amides is 2. The van der Waals surface area contributed by atoms with Crippen molar-refractivity contribution in [2.75, 3.05) is 11.9 Å². The van der Waals surface area contributed by atoms with Gasteiger partial charge in [0, 0.05) is 51.6 Å². The minimum atomic E-state index is -0.151. The number of benzene rings is 2. The first-order valence-corrected chi connectivity index (χ1v) is 11.8. The lowest BCUT2D eigenvalue weighted by Crippen LogP contribution is -2.28. The smallest absolute Gasteiger partial charge is 0.251 e. The van der Waals surface area contributed by atoms with Crippen LogP contribution in [0.1, 0.15) is 40.1 Å². The van der Waals surface area contributed by atoms with Gasteiger partial charge in [-0.2, -0.15) is 0 Å². The van der Waals surface area contributed by atoms with Crippen LogP contribution in [0.15, 0.2) is 72.2 Å². The summed E-state index contributed by atoms with van der Waals surface area (Å²) in [5.74, 6) is 0.471. The van der Waals surface area contributed by atoms with Crippen LogP contribution in [0.2, 0.25) is 0 Å². The van der Waals surface area contributed by atoms with E-state index in [2.05, 4.69) is 46.1 Å². The van der Waals surface area contributed by atoms with Crippen LogP contribution in [0.4, 0.5) is 5.69 Å². The van der Waals surface area contributed by atoms with Crippen molar-refractivity contribution in [3.8, 4) is 0 Å². The van der Waals surface area contributed by atoms with Gasteiger partial charge in [0.25, 0.3) is 5.91 Å². The van der Waals surface area contributed by atoms with Crippen LogP contribution < -0.4 is 10.6 Å². The van der Waals surface area contributed by atoms with Crippen molar-refractivity contribution in [2.24, 2.45) is 11.8 Å². The molecule has 162 valence electrons. The molecule has 2 aromatic carbocycles. The molecule has 1 aliphatic rings. The highest BCUT2D eigenvalue weighted by Gasteiger charge is 2.39. The van der Waals surface area contributed by atoms with E-state index in [1.54, 1.807) is 29.5 Å². The van der Waals surface area contributed by atoms with Crippen LogP contribution in [0.3, 0.4) is 0 Å². The third-order valence-corrected chi connectivity index (χ3v) is 7.17. The second kappa shape index (κ2) is 8.63. The van der Waals surface area contributed by atoms with Crippen LogP contribution in [-0.2, 0) is 4.79 Å². The maximum absolute atomic E-state index is 13.0. The van der Waals surface area contributed by atoms with Crippen molar-refractivity contribution in [2.45, 2.75) is 19.3 Å². The summed E-state index contributed by atoms with van der Waals surface area (Å²) in [5.41, 5.74) is 3.45. The molecule has 1 saturated carbocycles. The Bertz CT molecular complexity index is 1260. The van der Waals surface area contributed by atoms with Gasteiger partial charge in [0.2, 0.25) is 5.91 Å². The predicted octanol–water partition coefficient (Wildman–Crippen LogP) is 5.39. The lowest BCUT2D eigenvalue weighted by atomic mass is 9.96. The Kier molecular flexibility index (Phi) is 5.53. The van der Waals surface area contributed by atoms with E-state index in [9.17, 15) is 9.59 Å². The Balaban J connectivity index is 1.32. The molecule has 3 unspecified atom stereocenters. The van der Waals surface area contributed by atoms with Crippen LogP contribution in [-0.4, -0.2) is 23.3 Å². The number of thiophene rings is 1. The molecule has 0 aliphatic heterocycles. The van der Waals surface area contributed by atoms with Crippen molar-refractivity contribution < 1.29 is 9.59 Å². The summed E-state index contributed by atoms with van der Waals surface area (Å²) in [4.78, 5) is 29.7. The number of para-hydroxylation sites is 1. The van der Waals surface area contributed by atoms with Crippen molar-refractivity contribution in [1.29, 1.82) is 0 Å². The second-order valence-corrected chi connectivity index (χ2v) is 9.44. The summed E-state index contributed by atoms with van der Waals surface area (Å²) in [6.45, 7) is 2.56. The molecule has 32 heavy (non-hydrogen) atoms. The van der Waals surface area contributed by atoms with Crippen molar-refractivity contribution in [3.05, 3.63) is 88.2 Å². The SMILES string of the molecule is CC1CC1C(=O)Nc1cccc(C(=O)NCC(c2cccs2)c2c[nH]c3ccccc23)c1. The number of hydrogen-bond donors (Lipinski definition) is 3. The maximum atomic E-state index is 13.0. The second-order valence-electron chi connectivity index (χ2n) is 8.46. The van der Waals surface area contributed by atoms with E-state index in [4.69, 9.17) is 0 Å². The van der Waals surface area contributed by atoms with Crippen LogP contribution >= 0.6 is 11.3 Å². The third kappa shape index (κ3) is 4.18. The molecule has 0 bridgehead atoms. The van der Waals surface area contributed by atoms with Gasteiger partial charge in [-0.15, -0.1) is 11.3 Å². The van der Waals surface area contributed by atoms with E-state index in [-0.39, 0.29) is 23.7 Å². The Morgan fingerprint density at radius 1 is 1.12 bits per heavy atom. The fourth-order valence-corrected chi connectivity index (χ4v) is 5.04. The zero-order chi connectivity index (χ0) is 22.1. The summed E-state index contributed by atoms with van der Waals surface area (Å²) in [5, 5.41) is 9.27. The Morgan fingerprint density at radius 2 is 1.97 bits per heavy atom. The molecule has 3 N–H and O–H groups in total. The van der Waals surface area contributed by atoms with Gasteiger partial charge in [0.05, 0.1) is 0 Å². The zero-order valence-corrected chi connectivity index (χ0v) is 18.6. The Labute approximate surface area is 190 Å². The molecular weight excluding hydrogens is 418 g/mol. The number of nitrogens with one attached hydrogen (secondary N) is 3. The van der Waals surface area contributed by atoms with Crippen LogP contribution in [0.5, 0.6) is 0 Å². The van der Waals surface area contributed by atoms with Crippen LogP contribution in [0, 0.1) is 11.8 Å². The number of carbonyl (C=O) groups excluding carboxylic acids is 2. The average Bonchev–Trinajstić information content (AvgIpc) is 3.19. The van der Waals surface area contributed by atoms with E-state index in [1.165, 1.54) is 15.8 Å². The molecule has 5 nitrogen and oxygen atoms in total. The number of aromatic nitrogens is 1. The lowest BCUT2D eigenvalue weighted by molar-refractivity contribution is -0.117. The van der Waals surface area contributed by atoms with Gasteiger partial charge >= 0.3 is 0 Å². The number of rotatable bonds is 7. The zero-order valence-electron chi connectivity index (χ0n) is 17.8. The number of aromatic amines is 1. The minimum Gasteiger partial charge on any atom is -0.361 e. The largest absolute Gasteiger partial charge is 0.361 e. The maximum Gasteiger partial charge on any atom is 0.251 e. The minimum absolute atomic E-state index is 0.0344. The molecule has 4 aromatic rings. The van der Waals surface area contributed by atoms with Gasteiger partial charge in [-0.25, -0.2) is 0 Å². The van der Waals surface area contributed by atoms with Gasteiger partial charge in [-0.1, -0.05) is 37.3 Å². The fraction of sp³-hybridized carbons (Fsp3) is 0.231. The highest BCUT2D eigenvalue weighted by molar-refractivity contribution is 7.10. The molecule has 5 rings (SSSR count). The number of anilines is 1. The normalized spacial score (nSPS) is 18.3. The van der Waals surface area contributed by atoms with E-state index in [0.717, 1.165) is 11.9 Å². The third-order valence-electron chi connectivity index (χ3n) is 6.19. The molecule has 0 saturated heterocycles. The molecule has 2 aromatic heterocycles. The van der Waals surface area contributed by atoms with E-state index < -0.39 is 0 Å². The van der Waals surface area contributed by atoms with Gasteiger partial charge in [0.15, 0.2) is 0 Å². The predicted molar refractivity (Wildman–Crippen MR) is 129 cm³/mol. The van der Waals surface area contributed by atoms with Gasteiger partial charge in [0.1, 0.15) is 0 Å². The topological polar surface area (TPSA) is 74.0 Å². The van der Waals surface area contributed by atoms with E-state index in [0.29, 0.717) is 23.7 Å². The molecular formula is C26H25N3O2S. The summed E-state index contributed by atoms with van der Waals surface area (Å²) in [6.07, 6.45) is 2.97. The molecule has 0 spiro atoms. The highest BCUT2D eigenvalue weighted by Crippen LogP contribution is 2.38. The fourth-order valence-electron chi connectivity index (χ4n) is 4.19. The molecule has 1 aliphatic carbocycles. The monoisotopic (exact) mass is 443 g/mol. The van der Waals surface area contributed by atoms with E-state index in [1.807, 2.05) is 30.5 Å². The van der Waals surface area contributed by atoms with Crippen molar-refractivity contribution in [1.82, 2.24) is 10.3 Å². The lowest BCUT2D eigenvalue weighted by Gasteiger charge is -2.16. The summed E-state index contributed by atoms with van der Waals surface area (Å²) in [6, 6.07) is 19.5. The summed E-state index contributed by atoms with van der Waals surface area (Å²) < 4.78 is 0. The number of carbonyl (C=O) groups is 2. The first-order chi connectivity index (χ1) is 15.6. The quantitative estimate of drug-likeness (QED) is 0.358. The number of hydrogen-bond acceptors (Lipinski definition) is 3. The highest BCUT2D eigenvalue weighted by atomic mass is 32.1. The molecule has 6 heteroatoms. The van der Waals surface area contributed by atoms with Gasteiger partial charge in [-0.05, 0) is 53.6 Å². The molecule has 0 radical (unpaired) electrons.